The lowest BCUT2D eigenvalue weighted by atomic mass is 10.2. The summed E-state index contributed by atoms with van der Waals surface area (Å²) in [6.07, 6.45) is 0. The van der Waals surface area contributed by atoms with Crippen LogP contribution in [0.4, 0.5) is 0 Å². The van der Waals surface area contributed by atoms with Crippen molar-refractivity contribution in [3.63, 3.8) is 0 Å². The molecule has 0 aromatic heterocycles. The Morgan fingerprint density at radius 1 is 1.24 bits per heavy atom. The van der Waals surface area contributed by atoms with Crippen molar-refractivity contribution in [3.8, 4) is 11.5 Å². The third-order valence-corrected chi connectivity index (χ3v) is 3.02. The van der Waals surface area contributed by atoms with Gasteiger partial charge in [-0.2, -0.15) is 0 Å². The summed E-state index contributed by atoms with van der Waals surface area (Å²) in [6, 6.07) is 3.60. The molecule has 0 bridgehead atoms. The van der Waals surface area contributed by atoms with Crippen LogP contribution in [0.1, 0.15) is 5.56 Å². The highest BCUT2D eigenvalue weighted by molar-refractivity contribution is 6.32. The second-order valence-corrected chi connectivity index (χ2v) is 4.67. The minimum absolute atomic E-state index is 0.0846. The average Bonchev–Trinajstić information content (AvgIpc) is 2.47. The molecule has 0 atom stereocenters. The number of methoxy groups -OCH3 is 3. The number of benzene rings is 1. The molecule has 1 rings (SSSR count). The number of halogens is 1. The molecule has 1 aromatic carbocycles. The summed E-state index contributed by atoms with van der Waals surface area (Å²) in [5, 5.41) is 6.23. The van der Waals surface area contributed by atoms with Gasteiger partial charge in [0.25, 0.3) is 0 Å². The monoisotopic (exact) mass is 316 g/mol. The molecule has 1 aromatic rings. The fraction of sp³-hybridized carbons (Fsp3) is 0.500. The number of ether oxygens (including phenoxy) is 3. The first-order valence-corrected chi connectivity index (χ1v) is 6.87. The van der Waals surface area contributed by atoms with E-state index in [1.165, 1.54) is 7.11 Å². The Kier molecular flexibility index (Phi) is 7.89. The van der Waals surface area contributed by atoms with Crippen molar-refractivity contribution in [2.24, 2.45) is 0 Å². The second kappa shape index (κ2) is 9.44. The van der Waals surface area contributed by atoms with E-state index in [9.17, 15) is 4.79 Å². The van der Waals surface area contributed by atoms with E-state index in [-0.39, 0.29) is 12.5 Å². The molecule has 0 saturated heterocycles. The van der Waals surface area contributed by atoms with Crippen LogP contribution in [0.15, 0.2) is 12.1 Å². The van der Waals surface area contributed by atoms with Crippen LogP contribution in [0.2, 0.25) is 5.02 Å². The van der Waals surface area contributed by atoms with E-state index in [0.717, 1.165) is 5.56 Å². The number of carbonyl (C=O) groups is 1. The Bertz CT molecular complexity index is 469. The van der Waals surface area contributed by atoms with E-state index in [1.54, 1.807) is 20.3 Å². The molecule has 21 heavy (non-hydrogen) atoms. The van der Waals surface area contributed by atoms with E-state index in [0.29, 0.717) is 36.2 Å². The molecular weight excluding hydrogens is 296 g/mol. The van der Waals surface area contributed by atoms with E-state index in [2.05, 4.69) is 10.6 Å². The van der Waals surface area contributed by atoms with Crippen LogP contribution in [0.25, 0.3) is 0 Å². The van der Waals surface area contributed by atoms with Gasteiger partial charge < -0.3 is 24.8 Å². The van der Waals surface area contributed by atoms with Gasteiger partial charge in [0.1, 0.15) is 0 Å². The van der Waals surface area contributed by atoms with Gasteiger partial charge in [0, 0.05) is 20.2 Å². The average molecular weight is 317 g/mol. The standard InChI is InChI=1S/C14H21ClN2O4/c1-19-5-4-17-13(18)9-16-8-10-6-11(15)14(21-3)12(7-10)20-2/h6-7,16H,4-5,8-9H2,1-3H3,(H,17,18). The SMILES string of the molecule is COCCNC(=O)CNCc1cc(Cl)c(OC)c(OC)c1. The molecule has 0 radical (unpaired) electrons. The molecule has 0 heterocycles. The molecule has 0 spiro atoms. The summed E-state index contributed by atoms with van der Waals surface area (Å²) in [5.74, 6) is 0.977. The van der Waals surface area contributed by atoms with Crippen LogP contribution < -0.4 is 20.1 Å². The van der Waals surface area contributed by atoms with Crippen LogP contribution in [0, 0.1) is 0 Å². The molecule has 7 heteroatoms. The Labute approximate surface area is 129 Å². The van der Waals surface area contributed by atoms with Crippen LogP contribution in [0.5, 0.6) is 11.5 Å². The largest absolute Gasteiger partial charge is 0.493 e. The third-order valence-electron chi connectivity index (χ3n) is 2.74. The van der Waals surface area contributed by atoms with Crippen molar-refractivity contribution in [1.82, 2.24) is 10.6 Å². The minimum atomic E-state index is -0.0846. The predicted octanol–water partition coefficient (Wildman–Crippen LogP) is 1.21. The number of nitrogens with one attached hydrogen (secondary N) is 2. The molecule has 0 aliphatic carbocycles. The highest BCUT2D eigenvalue weighted by Gasteiger charge is 2.11. The summed E-state index contributed by atoms with van der Waals surface area (Å²) in [7, 11) is 4.67. The summed E-state index contributed by atoms with van der Waals surface area (Å²) in [6.45, 7) is 1.71. The maximum absolute atomic E-state index is 11.5. The van der Waals surface area contributed by atoms with Crippen LogP contribution >= 0.6 is 11.6 Å². The smallest absolute Gasteiger partial charge is 0.234 e. The molecule has 1 amide bonds. The van der Waals surface area contributed by atoms with Crippen molar-refractivity contribution >= 4 is 17.5 Å². The zero-order chi connectivity index (χ0) is 15.7. The van der Waals surface area contributed by atoms with Crippen LogP contribution in [0.3, 0.4) is 0 Å². The summed E-state index contributed by atoms with van der Waals surface area (Å²) >= 11 is 6.11. The summed E-state index contributed by atoms with van der Waals surface area (Å²) in [5.41, 5.74) is 0.905. The lowest BCUT2D eigenvalue weighted by Gasteiger charge is -2.12. The lowest BCUT2D eigenvalue weighted by Crippen LogP contribution is -2.35. The molecular formula is C14H21ClN2O4. The van der Waals surface area contributed by atoms with Crippen LogP contribution in [-0.4, -0.2) is 46.9 Å². The van der Waals surface area contributed by atoms with Gasteiger partial charge in [0.15, 0.2) is 11.5 Å². The third kappa shape index (κ3) is 5.79. The molecule has 2 N–H and O–H groups in total. The number of amides is 1. The zero-order valence-electron chi connectivity index (χ0n) is 12.5. The predicted molar refractivity (Wildman–Crippen MR) is 81.1 cm³/mol. The maximum atomic E-state index is 11.5. The normalized spacial score (nSPS) is 10.3. The molecule has 0 unspecified atom stereocenters. The van der Waals surface area contributed by atoms with Crippen LogP contribution in [-0.2, 0) is 16.1 Å². The first-order valence-electron chi connectivity index (χ1n) is 6.49. The van der Waals surface area contributed by atoms with Crippen molar-refractivity contribution in [2.45, 2.75) is 6.54 Å². The van der Waals surface area contributed by atoms with Crippen molar-refractivity contribution in [1.29, 1.82) is 0 Å². The van der Waals surface area contributed by atoms with Gasteiger partial charge in [-0.05, 0) is 17.7 Å². The van der Waals surface area contributed by atoms with Gasteiger partial charge in [-0.3, -0.25) is 4.79 Å². The number of hydrogen-bond donors (Lipinski definition) is 2. The quantitative estimate of drug-likeness (QED) is 0.670. The summed E-state index contributed by atoms with van der Waals surface area (Å²) in [4.78, 5) is 11.5. The highest BCUT2D eigenvalue weighted by Crippen LogP contribution is 2.35. The van der Waals surface area contributed by atoms with Gasteiger partial charge in [-0.1, -0.05) is 11.6 Å². The van der Waals surface area contributed by atoms with Gasteiger partial charge in [0.2, 0.25) is 5.91 Å². The second-order valence-electron chi connectivity index (χ2n) is 4.26. The zero-order valence-corrected chi connectivity index (χ0v) is 13.3. The molecule has 118 valence electrons. The van der Waals surface area contributed by atoms with E-state index >= 15 is 0 Å². The van der Waals surface area contributed by atoms with Crippen molar-refractivity contribution < 1.29 is 19.0 Å². The van der Waals surface area contributed by atoms with Gasteiger partial charge in [-0.15, -0.1) is 0 Å². The van der Waals surface area contributed by atoms with E-state index in [1.807, 2.05) is 6.07 Å². The molecule has 0 aliphatic heterocycles. The maximum Gasteiger partial charge on any atom is 0.234 e. The topological polar surface area (TPSA) is 68.8 Å². The molecule has 0 aliphatic rings. The van der Waals surface area contributed by atoms with Gasteiger partial charge >= 0.3 is 0 Å². The first-order chi connectivity index (χ1) is 10.1. The molecule has 0 saturated carbocycles. The number of carbonyl (C=O) groups excluding carboxylic acids is 1. The Morgan fingerprint density at radius 3 is 2.62 bits per heavy atom. The summed E-state index contributed by atoms with van der Waals surface area (Å²) < 4.78 is 15.2. The number of hydrogen-bond acceptors (Lipinski definition) is 5. The highest BCUT2D eigenvalue weighted by atomic mass is 35.5. The van der Waals surface area contributed by atoms with Crippen molar-refractivity contribution in [2.75, 3.05) is 41.0 Å². The Hall–Kier alpha value is -1.50. The van der Waals surface area contributed by atoms with Crippen molar-refractivity contribution in [3.05, 3.63) is 22.7 Å². The minimum Gasteiger partial charge on any atom is -0.493 e. The van der Waals surface area contributed by atoms with Gasteiger partial charge in [0.05, 0.1) is 32.4 Å². The lowest BCUT2D eigenvalue weighted by molar-refractivity contribution is -0.120. The molecule has 6 nitrogen and oxygen atoms in total. The Balaban J connectivity index is 2.49. The first kappa shape index (κ1) is 17.6. The fourth-order valence-corrected chi connectivity index (χ4v) is 2.06. The molecule has 0 fully saturated rings. The number of rotatable bonds is 9. The Morgan fingerprint density at radius 2 is 2.00 bits per heavy atom. The van der Waals surface area contributed by atoms with E-state index < -0.39 is 0 Å². The van der Waals surface area contributed by atoms with E-state index in [4.69, 9.17) is 25.8 Å². The fourth-order valence-electron chi connectivity index (χ4n) is 1.75. The van der Waals surface area contributed by atoms with Gasteiger partial charge in [-0.25, -0.2) is 0 Å².